The number of ether oxygens (including phenoxy) is 7. The molecule has 2 saturated heterocycles. The van der Waals surface area contributed by atoms with E-state index in [4.69, 9.17) is 46.1 Å². The zero-order chi connectivity index (χ0) is 46.0. The summed E-state index contributed by atoms with van der Waals surface area (Å²) in [5.41, 5.74) is 2.74. The minimum absolute atomic E-state index is 0.177. The third kappa shape index (κ3) is 11.8. The third-order valence-corrected chi connectivity index (χ3v) is 23.5. The fourth-order valence-corrected chi connectivity index (χ4v) is 20.8. The van der Waals surface area contributed by atoms with Gasteiger partial charge in [-0.15, -0.1) is 13.2 Å². The maximum atomic E-state index is 11.7. The summed E-state index contributed by atoms with van der Waals surface area (Å²) >= 11 is 0. The number of hydrogen-bond donors (Lipinski definition) is 1. The van der Waals surface area contributed by atoms with Gasteiger partial charge in [-0.1, -0.05) is 134 Å². The molecule has 354 valence electrons. The summed E-state index contributed by atoms with van der Waals surface area (Å²) in [7, 11) is -4.05. The summed E-state index contributed by atoms with van der Waals surface area (Å²) in [6.45, 7) is 27.4. The van der Waals surface area contributed by atoms with Gasteiger partial charge < -0.3 is 51.2 Å². The molecule has 0 bridgehead atoms. The summed E-state index contributed by atoms with van der Waals surface area (Å²) in [6.07, 6.45) is 6.93. The van der Waals surface area contributed by atoms with E-state index in [1.165, 1.54) is 6.08 Å². The fourth-order valence-electron chi connectivity index (χ4n) is 9.69. The van der Waals surface area contributed by atoms with Crippen LogP contribution >= 0.6 is 0 Å². The largest absolute Gasteiger partial charge is 0.497 e. The lowest BCUT2D eigenvalue weighted by Crippen LogP contribution is -2.65. The van der Waals surface area contributed by atoms with Crippen LogP contribution in [-0.4, -0.2) is 110 Å². The van der Waals surface area contributed by atoms with Crippen LogP contribution in [-0.2, 0) is 54.6 Å². The number of rotatable bonds is 18. The van der Waals surface area contributed by atoms with Crippen LogP contribution in [0.2, 0.25) is 22.2 Å². The van der Waals surface area contributed by atoms with E-state index in [1.54, 1.807) is 13.2 Å². The average Bonchev–Trinajstić information content (AvgIpc) is 3.52. The Morgan fingerprint density at radius 1 is 0.766 bits per heavy atom. The van der Waals surface area contributed by atoms with Gasteiger partial charge in [-0.05, 0) is 58.3 Å². The molecule has 2 fully saturated rings. The van der Waals surface area contributed by atoms with Crippen LogP contribution in [0.4, 0.5) is 0 Å². The van der Waals surface area contributed by atoms with E-state index in [-0.39, 0.29) is 41.3 Å². The lowest BCUT2D eigenvalue weighted by atomic mass is 9.89. The van der Waals surface area contributed by atoms with E-state index < -0.39 is 78.2 Å². The molecule has 0 spiro atoms. The molecule has 2 unspecified atom stereocenters. The van der Waals surface area contributed by atoms with Gasteiger partial charge in [0.05, 0.1) is 70.2 Å². The highest BCUT2D eigenvalue weighted by Crippen LogP contribution is 2.47. The monoisotopic (exact) mass is 920 g/mol. The minimum atomic E-state index is -2.89. The Hall–Kier alpha value is -2.77. The van der Waals surface area contributed by atoms with Gasteiger partial charge in [0.15, 0.2) is 0 Å². The highest BCUT2D eigenvalue weighted by atomic mass is 28.5. The Labute approximate surface area is 385 Å². The van der Waals surface area contributed by atoms with Gasteiger partial charge in [-0.25, -0.2) is 0 Å². The standard InChI is InChI=1S/C51H76O11Si2/c1-12-41(52)46(59-43-23-19-24-44-48(58-42(43)13-2)33-57-63(34(3)4,35(5)6)62-64(61-44,36(7)8)37(9)10)30-47-50(55-32-39-25-27-40(53-11)28-26-39)51(56-31-38-20-15-14-16-21-38)49-45(60-47)22-17-18-29-54-49/h12-21,24-28,34-37,41-52H,1-2,22-23,29-33H2,3-11H3/b24-19-/t41?,42-,43+,44-,45-,46?,47+,48+,49-,50+,51+/m0/s1. The average molecular weight is 921 g/mol. The SMILES string of the molecule is C=CC(O)C(C[C@H]1O[C@H]2CC=CCO[C@@H]2[C@@H](OCc2ccccc2)[C@@H]1OCc1ccc(OC)cc1)O[C@@H]1C/C=C\[C@@H]2O[Si](C(C)C)(C(C)C)O[Si](C(C)C)(C(C)C)OC[C@H]2O[C@H]1C=C. The maximum absolute atomic E-state index is 11.7. The molecule has 6 rings (SSSR count). The molecule has 2 aromatic carbocycles. The predicted octanol–water partition coefficient (Wildman–Crippen LogP) is 9.83. The molecule has 4 heterocycles. The van der Waals surface area contributed by atoms with Crippen LogP contribution < -0.4 is 4.74 Å². The molecule has 0 aliphatic carbocycles. The zero-order valence-corrected chi connectivity index (χ0v) is 41.7. The number of aliphatic hydroxyl groups is 1. The Balaban J connectivity index is 1.30. The molecular weight excluding hydrogens is 845 g/mol. The quantitative estimate of drug-likeness (QED) is 0.114. The molecule has 11 nitrogen and oxygen atoms in total. The van der Waals surface area contributed by atoms with Crippen molar-refractivity contribution in [2.24, 2.45) is 0 Å². The topological polar surface area (TPSA) is 113 Å². The van der Waals surface area contributed by atoms with Gasteiger partial charge in [0.2, 0.25) is 0 Å². The van der Waals surface area contributed by atoms with Gasteiger partial charge >= 0.3 is 17.1 Å². The van der Waals surface area contributed by atoms with Gasteiger partial charge in [-0.3, -0.25) is 0 Å². The van der Waals surface area contributed by atoms with Crippen molar-refractivity contribution in [2.45, 2.75) is 177 Å². The second-order valence-corrected chi connectivity index (χ2v) is 27.7. The van der Waals surface area contributed by atoms with Gasteiger partial charge in [0.1, 0.15) is 36.3 Å². The van der Waals surface area contributed by atoms with Crippen molar-refractivity contribution in [3.63, 3.8) is 0 Å². The number of hydrogen-bond acceptors (Lipinski definition) is 11. The number of benzene rings is 2. The summed E-state index contributed by atoms with van der Waals surface area (Å²) in [6, 6.07) is 17.9. The molecule has 1 N–H and O–H groups in total. The molecule has 0 radical (unpaired) electrons. The molecule has 64 heavy (non-hydrogen) atoms. The first-order valence-corrected chi connectivity index (χ1v) is 27.4. The van der Waals surface area contributed by atoms with Crippen LogP contribution in [0.3, 0.4) is 0 Å². The molecular formula is C51H76O11Si2. The van der Waals surface area contributed by atoms with Crippen molar-refractivity contribution in [2.75, 3.05) is 20.3 Å². The molecule has 0 aromatic heterocycles. The first-order chi connectivity index (χ1) is 30.7. The molecule has 11 atom stereocenters. The lowest BCUT2D eigenvalue weighted by molar-refractivity contribution is -0.266. The Bertz CT molecular complexity index is 1790. The highest BCUT2D eigenvalue weighted by molar-refractivity contribution is 6.84. The fraction of sp³-hybridized carbons (Fsp3) is 0.608. The van der Waals surface area contributed by atoms with Crippen molar-refractivity contribution in [1.82, 2.24) is 0 Å². The van der Waals surface area contributed by atoms with E-state index in [1.807, 2.05) is 60.7 Å². The van der Waals surface area contributed by atoms with E-state index in [0.717, 1.165) is 16.9 Å². The first kappa shape index (κ1) is 50.6. The third-order valence-electron chi connectivity index (χ3n) is 13.3. The molecule has 0 saturated carbocycles. The van der Waals surface area contributed by atoms with E-state index in [0.29, 0.717) is 32.7 Å². The Morgan fingerprint density at radius 2 is 1.42 bits per heavy atom. The number of aliphatic hydroxyl groups excluding tert-OH is 1. The van der Waals surface area contributed by atoms with Crippen LogP contribution in [0, 0.1) is 0 Å². The van der Waals surface area contributed by atoms with E-state index >= 15 is 0 Å². The van der Waals surface area contributed by atoms with Gasteiger partial charge in [0, 0.05) is 6.42 Å². The molecule has 13 heteroatoms. The van der Waals surface area contributed by atoms with Crippen LogP contribution in [0.15, 0.2) is 104 Å². The van der Waals surface area contributed by atoms with Crippen molar-refractivity contribution in [3.05, 3.63) is 115 Å². The van der Waals surface area contributed by atoms with Crippen LogP contribution in [0.5, 0.6) is 5.75 Å². The Kier molecular flexibility index (Phi) is 18.4. The predicted molar refractivity (Wildman–Crippen MR) is 255 cm³/mol. The second-order valence-electron chi connectivity index (χ2n) is 18.9. The zero-order valence-electron chi connectivity index (χ0n) is 39.7. The molecule has 2 aromatic rings. The molecule has 0 amide bonds. The Morgan fingerprint density at radius 3 is 2.05 bits per heavy atom. The smallest absolute Gasteiger partial charge is 0.335 e. The minimum Gasteiger partial charge on any atom is -0.497 e. The van der Waals surface area contributed by atoms with Gasteiger partial charge in [-0.2, -0.15) is 0 Å². The van der Waals surface area contributed by atoms with Crippen molar-refractivity contribution in [3.8, 4) is 5.75 Å². The first-order valence-electron chi connectivity index (χ1n) is 23.5. The summed E-state index contributed by atoms with van der Waals surface area (Å²) in [5.74, 6) is 0.763. The van der Waals surface area contributed by atoms with E-state index in [2.05, 4.69) is 86.8 Å². The molecule has 4 aliphatic rings. The van der Waals surface area contributed by atoms with E-state index in [9.17, 15) is 5.11 Å². The van der Waals surface area contributed by atoms with Crippen LogP contribution in [0.1, 0.15) is 85.8 Å². The van der Waals surface area contributed by atoms with Crippen molar-refractivity contribution >= 4 is 17.1 Å². The summed E-state index contributed by atoms with van der Waals surface area (Å²) in [4.78, 5) is 0. The van der Waals surface area contributed by atoms with Gasteiger partial charge in [0.25, 0.3) is 0 Å². The van der Waals surface area contributed by atoms with Crippen molar-refractivity contribution in [1.29, 1.82) is 0 Å². The second kappa shape index (κ2) is 23.3. The molecule has 4 aliphatic heterocycles. The summed E-state index contributed by atoms with van der Waals surface area (Å²) in [5, 5.41) is 11.7. The van der Waals surface area contributed by atoms with Crippen LogP contribution in [0.25, 0.3) is 0 Å². The highest BCUT2D eigenvalue weighted by Gasteiger charge is 2.59. The van der Waals surface area contributed by atoms with Crippen molar-refractivity contribution < 1.29 is 51.2 Å². The normalized spacial score (nSPS) is 30.8. The lowest BCUT2D eigenvalue weighted by Gasteiger charge is -2.52. The number of fused-ring (bicyclic) bond motifs is 2. The number of methoxy groups -OCH3 is 1. The summed E-state index contributed by atoms with van der Waals surface area (Å²) < 4.78 is 68.5. The maximum Gasteiger partial charge on any atom is 0.335 e.